The number of nitrogens with zero attached hydrogens (tertiary/aromatic N) is 2. The molecule has 5 heteroatoms. The quantitative estimate of drug-likeness (QED) is 0.886. The predicted molar refractivity (Wildman–Crippen MR) is 73.4 cm³/mol. The summed E-state index contributed by atoms with van der Waals surface area (Å²) in [5.41, 5.74) is 1.16. The van der Waals surface area contributed by atoms with Gasteiger partial charge in [0.25, 0.3) is 0 Å². The van der Waals surface area contributed by atoms with E-state index in [1.807, 2.05) is 30.3 Å². The van der Waals surface area contributed by atoms with Gasteiger partial charge >= 0.3 is 6.09 Å². The van der Waals surface area contributed by atoms with Gasteiger partial charge in [-0.1, -0.05) is 30.3 Å². The minimum absolute atomic E-state index is 0.00862. The second kappa shape index (κ2) is 5.25. The second-order valence-corrected chi connectivity index (χ2v) is 5.55. The molecule has 1 aromatic rings. The second-order valence-electron chi connectivity index (χ2n) is 5.55. The number of ketones is 1. The molecular weight excluding hydrogens is 256 g/mol. The van der Waals surface area contributed by atoms with E-state index in [1.165, 1.54) is 4.90 Å². The average Bonchev–Trinajstić information content (AvgIpc) is 2.76. The summed E-state index contributed by atoms with van der Waals surface area (Å²) in [5.74, 6) is 0.269. The van der Waals surface area contributed by atoms with E-state index >= 15 is 0 Å². The van der Waals surface area contributed by atoms with E-state index in [0.29, 0.717) is 32.6 Å². The van der Waals surface area contributed by atoms with Crippen molar-refractivity contribution in [2.75, 3.05) is 19.6 Å². The Balaban J connectivity index is 1.75. The molecule has 0 aromatic heterocycles. The Labute approximate surface area is 117 Å². The van der Waals surface area contributed by atoms with Crippen LogP contribution in [0.25, 0.3) is 0 Å². The van der Waals surface area contributed by atoms with Crippen LogP contribution in [0, 0.1) is 5.92 Å². The summed E-state index contributed by atoms with van der Waals surface area (Å²) in [7, 11) is 0. The van der Waals surface area contributed by atoms with Crippen LogP contribution in [-0.4, -0.2) is 52.5 Å². The maximum absolute atomic E-state index is 12.1. The van der Waals surface area contributed by atoms with E-state index in [9.17, 15) is 9.59 Å². The number of amides is 1. The maximum Gasteiger partial charge on any atom is 0.407 e. The van der Waals surface area contributed by atoms with Crippen molar-refractivity contribution < 1.29 is 14.7 Å². The van der Waals surface area contributed by atoms with Gasteiger partial charge < -0.3 is 10.0 Å². The number of carbonyl (C=O) groups excluding carboxylic acids is 1. The van der Waals surface area contributed by atoms with E-state index < -0.39 is 6.09 Å². The van der Waals surface area contributed by atoms with Gasteiger partial charge in [0, 0.05) is 31.6 Å². The molecule has 2 saturated heterocycles. The van der Waals surface area contributed by atoms with Gasteiger partial charge in [0.2, 0.25) is 0 Å². The van der Waals surface area contributed by atoms with Gasteiger partial charge in [-0.05, 0) is 12.0 Å². The lowest BCUT2D eigenvalue weighted by molar-refractivity contribution is -0.120. The van der Waals surface area contributed by atoms with Crippen molar-refractivity contribution in [3.63, 3.8) is 0 Å². The minimum atomic E-state index is -0.887. The summed E-state index contributed by atoms with van der Waals surface area (Å²) in [6.45, 7) is 2.07. The van der Waals surface area contributed by atoms with Gasteiger partial charge in [-0.3, -0.25) is 9.69 Å². The fourth-order valence-corrected chi connectivity index (χ4v) is 3.28. The third-order valence-corrected chi connectivity index (χ3v) is 4.32. The van der Waals surface area contributed by atoms with Crippen LogP contribution in [0.3, 0.4) is 0 Å². The molecule has 2 heterocycles. The van der Waals surface area contributed by atoms with E-state index in [1.54, 1.807) is 0 Å². The van der Waals surface area contributed by atoms with Crippen LogP contribution < -0.4 is 0 Å². The fourth-order valence-electron chi connectivity index (χ4n) is 3.28. The summed E-state index contributed by atoms with van der Waals surface area (Å²) in [5, 5.41) is 9.12. The van der Waals surface area contributed by atoms with E-state index in [4.69, 9.17) is 5.11 Å². The molecule has 1 amide bonds. The topological polar surface area (TPSA) is 60.9 Å². The van der Waals surface area contributed by atoms with E-state index in [-0.39, 0.29) is 17.7 Å². The minimum Gasteiger partial charge on any atom is -0.465 e. The smallest absolute Gasteiger partial charge is 0.407 e. The van der Waals surface area contributed by atoms with Gasteiger partial charge in [-0.2, -0.15) is 0 Å². The molecule has 20 heavy (non-hydrogen) atoms. The first kappa shape index (κ1) is 13.1. The van der Waals surface area contributed by atoms with Crippen LogP contribution in [0.5, 0.6) is 0 Å². The standard InChI is InChI=1S/C15H18N2O3/c18-14-10-17(8-11-4-2-1-3-5-11)13-9-16(15(19)20)7-6-12(13)14/h1-5,12-13H,6-10H2,(H,19,20). The Hall–Kier alpha value is -1.88. The SMILES string of the molecule is O=C1CN(Cc2ccccc2)C2CN(C(=O)O)CCC12. The molecule has 0 spiro atoms. The molecule has 1 N–H and O–H groups in total. The molecule has 2 unspecified atom stereocenters. The molecule has 2 fully saturated rings. The number of carboxylic acid groups (broad SMARTS) is 1. The van der Waals surface area contributed by atoms with Crippen LogP contribution in [0.2, 0.25) is 0 Å². The first-order chi connectivity index (χ1) is 9.65. The zero-order chi connectivity index (χ0) is 14.1. The Morgan fingerprint density at radius 2 is 2.05 bits per heavy atom. The van der Waals surface area contributed by atoms with Gasteiger partial charge in [0.15, 0.2) is 5.78 Å². The Bertz CT molecular complexity index is 517. The van der Waals surface area contributed by atoms with Crippen molar-refractivity contribution in [1.82, 2.24) is 9.80 Å². The van der Waals surface area contributed by atoms with Crippen LogP contribution in [0.4, 0.5) is 4.79 Å². The molecular formula is C15H18N2O3. The molecule has 0 bridgehead atoms. The van der Waals surface area contributed by atoms with Crippen molar-refractivity contribution in [3.05, 3.63) is 35.9 Å². The Morgan fingerprint density at radius 1 is 1.30 bits per heavy atom. The third-order valence-electron chi connectivity index (χ3n) is 4.32. The van der Waals surface area contributed by atoms with Crippen molar-refractivity contribution >= 4 is 11.9 Å². The summed E-state index contributed by atoms with van der Waals surface area (Å²) >= 11 is 0. The molecule has 5 nitrogen and oxygen atoms in total. The largest absolute Gasteiger partial charge is 0.465 e. The predicted octanol–water partition coefficient (Wildman–Crippen LogP) is 1.44. The highest BCUT2D eigenvalue weighted by molar-refractivity contribution is 5.86. The number of likely N-dealkylation sites (tertiary alicyclic amines) is 2. The molecule has 2 aliphatic heterocycles. The van der Waals surface area contributed by atoms with Crippen molar-refractivity contribution in [3.8, 4) is 0 Å². The van der Waals surface area contributed by atoms with Gasteiger partial charge in [-0.15, -0.1) is 0 Å². The van der Waals surface area contributed by atoms with Crippen LogP contribution in [0.1, 0.15) is 12.0 Å². The lowest BCUT2D eigenvalue weighted by atomic mass is 9.91. The third kappa shape index (κ3) is 2.41. The molecule has 1 aromatic carbocycles. The zero-order valence-electron chi connectivity index (χ0n) is 11.2. The molecule has 2 aliphatic rings. The van der Waals surface area contributed by atoms with Crippen molar-refractivity contribution in [2.24, 2.45) is 5.92 Å². The highest BCUT2D eigenvalue weighted by Gasteiger charge is 2.44. The molecule has 2 atom stereocenters. The fraction of sp³-hybridized carbons (Fsp3) is 0.467. The van der Waals surface area contributed by atoms with Crippen LogP contribution >= 0.6 is 0 Å². The summed E-state index contributed by atoms with van der Waals surface area (Å²) in [6.07, 6.45) is -0.233. The number of benzene rings is 1. The van der Waals surface area contributed by atoms with E-state index in [2.05, 4.69) is 4.90 Å². The molecule has 0 aliphatic carbocycles. The monoisotopic (exact) mass is 274 g/mol. The van der Waals surface area contributed by atoms with Crippen molar-refractivity contribution in [2.45, 2.75) is 19.0 Å². The number of carbonyl (C=O) groups is 2. The first-order valence-corrected chi connectivity index (χ1v) is 6.93. The molecule has 3 rings (SSSR count). The molecule has 106 valence electrons. The lowest BCUT2D eigenvalue weighted by Crippen LogP contribution is -2.49. The molecule has 0 saturated carbocycles. The average molecular weight is 274 g/mol. The zero-order valence-corrected chi connectivity index (χ0v) is 11.2. The number of hydrogen-bond donors (Lipinski definition) is 1. The lowest BCUT2D eigenvalue weighted by Gasteiger charge is -2.36. The van der Waals surface area contributed by atoms with E-state index in [0.717, 1.165) is 5.56 Å². The number of rotatable bonds is 2. The Kier molecular flexibility index (Phi) is 3.44. The Morgan fingerprint density at radius 3 is 2.75 bits per heavy atom. The summed E-state index contributed by atoms with van der Waals surface area (Å²) < 4.78 is 0. The van der Waals surface area contributed by atoms with Crippen molar-refractivity contribution in [1.29, 1.82) is 0 Å². The normalized spacial score (nSPS) is 26.6. The van der Waals surface area contributed by atoms with Gasteiger partial charge in [0.05, 0.1) is 6.54 Å². The van der Waals surface area contributed by atoms with Crippen LogP contribution in [-0.2, 0) is 11.3 Å². The number of fused-ring (bicyclic) bond motifs is 1. The number of piperidine rings is 1. The van der Waals surface area contributed by atoms with Gasteiger partial charge in [-0.25, -0.2) is 4.79 Å². The summed E-state index contributed by atoms with van der Waals surface area (Å²) in [4.78, 5) is 26.7. The molecule has 0 radical (unpaired) electrons. The number of hydrogen-bond acceptors (Lipinski definition) is 3. The highest BCUT2D eigenvalue weighted by atomic mass is 16.4. The first-order valence-electron chi connectivity index (χ1n) is 6.93. The highest BCUT2D eigenvalue weighted by Crippen LogP contribution is 2.30. The van der Waals surface area contributed by atoms with Gasteiger partial charge in [0.1, 0.15) is 0 Å². The maximum atomic E-state index is 12.1. The van der Waals surface area contributed by atoms with Crippen LogP contribution in [0.15, 0.2) is 30.3 Å². The summed E-state index contributed by atoms with van der Waals surface area (Å²) in [6, 6.07) is 10.0. The number of Topliss-reactive ketones (excluding diaryl/α,β-unsaturated/α-hetero) is 1.